The fourth-order valence-corrected chi connectivity index (χ4v) is 9.00. The summed E-state index contributed by atoms with van der Waals surface area (Å²) < 4.78 is 32.4. The molecule has 0 radical (unpaired) electrons. The monoisotopic (exact) mass is 545 g/mol. The summed E-state index contributed by atoms with van der Waals surface area (Å²) >= 11 is 8.16. The molecule has 0 saturated carbocycles. The fourth-order valence-electron chi connectivity index (χ4n) is 4.32. The Morgan fingerprint density at radius 1 is 1.21 bits per heavy atom. The summed E-state index contributed by atoms with van der Waals surface area (Å²) in [7, 11) is -2.73. The van der Waals surface area contributed by atoms with E-state index in [0.717, 1.165) is 41.7 Å². The van der Waals surface area contributed by atoms with Gasteiger partial charge in [-0.25, -0.2) is 13.2 Å². The normalized spacial score (nSPS) is 20.6. The zero-order valence-electron chi connectivity index (χ0n) is 18.6. The number of methoxy groups -OCH3 is 1. The topological polar surface area (TPSA) is 122 Å². The van der Waals surface area contributed by atoms with E-state index in [-0.39, 0.29) is 16.3 Å². The zero-order chi connectivity index (χ0) is 24.6. The first-order valence-electron chi connectivity index (χ1n) is 10.7. The minimum absolute atomic E-state index is 0.0796. The average molecular weight is 546 g/mol. The number of anilines is 1. The van der Waals surface area contributed by atoms with E-state index >= 15 is 0 Å². The van der Waals surface area contributed by atoms with E-state index in [9.17, 15) is 22.8 Å². The second-order valence-corrected chi connectivity index (χ2v) is 13.3. The molecular formula is C21H24ClN3O6S3. The molecule has 0 aromatic carbocycles. The zero-order valence-corrected chi connectivity index (χ0v) is 21.8. The molecule has 3 heterocycles. The maximum absolute atomic E-state index is 13.3. The molecular weight excluding hydrogens is 522 g/mol. The molecule has 184 valence electrons. The quantitative estimate of drug-likeness (QED) is 0.588. The van der Waals surface area contributed by atoms with Crippen LogP contribution in [0.25, 0.3) is 0 Å². The molecule has 13 heteroatoms. The Morgan fingerprint density at radius 3 is 2.65 bits per heavy atom. The van der Waals surface area contributed by atoms with Crippen molar-refractivity contribution in [1.82, 2.24) is 9.62 Å². The molecule has 0 bridgehead atoms. The third kappa shape index (κ3) is 4.87. The van der Waals surface area contributed by atoms with Crippen molar-refractivity contribution in [1.29, 1.82) is 0 Å². The minimum atomic E-state index is -3.89. The van der Waals surface area contributed by atoms with E-state index in [1.54, 1.807) is 0 Å². The Morgan fingerprint density at radius 2 is 1.97 bits per heavy atom. The van der Waals surface area contributed by atoms with Crippen molar-refractivity contribution in [3.8, 4) is 0 Å². The van der Waals surface area contributed by atoms with Gasteiger partial charge in [0.2, 0.25) is 5.91 Å². The third-order valence-electron chi connectivity index (χ3n) is 5.99. The highest BCUT2D eigenvalue weighted by molar-refractivity contribution is 7.91. The number of ether oxygens (including phenoxy) is 1. The number of sulfonamides is 1. The van der Waals surface area contributed by atoms with Crippen LogP contribution in [0.4, 0.5) is 9.80 Å². The van der Waals surface area contributed by atoms with Gasteiger partial charge in [-0.05, 0) is 55.7 Å². The van der Waals surface area contributed by atoms with Gasteiger partial charge < -0.3 is 10.1 Å². The van der Waals surface area contributed by atoms with Crippen LogP contribution in [0.15, 0.2) is 16.3 Å². The van der Waals surface area contributed by atoms with E-state index in [2.05, 4.69) is 22.3 Å². The number of nitrogens with one attached hydrogen (secondary N) is 2. The molecule has 2 aliphatic rings. The molecule has 2 unspecified atom stereocenters. The number of rotatable bonds is 5. The molecule has 2 aromatic rings. The summed E-state index contributed by atoms with van der Waals surface area (Å²) in [6.07, 6.45) is 2.29. The van der Waals surface area contributed by atoms with E-state index in [4.69, 9.17) is 11.6 Å². The first kappa shape index (κ1) is 25.1. The summed E-state index contributed by atoms with van der Waals surface area (Å²) in [5.74, 6) is -0.736. The summed E-state index contributed by atoms with van der Waals surface area (Å²) in [5.41, 5.74) is 1.05. The highest BCUT2D eigenvalue weighted by Crippen LogP contribution is 2.40. The Hall–Kier alpha value is -1.99. The van der Waals surface area contributed by atoms with Gasteiger partial charge in [0, 0.05) is 11.4 Å². The number of carbonyl (C=O) groups is 3. The molecule has 2 N–H and O–H groups in total. The first-order valence-corrected chi connectivity index (χ1v) is 14.2. The van der Waals surface area contributed by atoms with Crippen LogP contribution >= 0.6 is 34.3 Å². The van der Waals surface area contributed by atoms with Gasteiger partial charge in [0.1, 0.15) is 15.3 Å². The molecule has 9 nitrogen and oxygen atoms in total. The number of fused-ring (bicyclic) bond motifs is 1. The van der Waals surface area contributed by atoms with Crippen molar-refractivity contribution in [2.24, 2.45) is 5.92 Å². The lowest BCUT2D eigenvalue weighted by Crippen LogP contribution is -2.43. The summed E-state index contributed by atoms with van der Waals surface area (Å²) in [5, 5.41) is 5.28. The van der Waals surface area contributed by atoms with Gasteiger partial charge in [0.25, 0.3) is 15.9 Å². The number of imide groups is 1. The molecule has 2 atom stereocenters. The van der Waals surface area contributed by atoms with Gasteiger partial charge in [-0.3, -0.25) is 14.9 Å². The number of amides is 3. The van der Waals surface area contributed by atoms with Crippen molar-refractivity contribution < 1.29 is 27.5 Å². The number of nitrogens with zero attached hydrogens (tertiary/aromatic N) is 1. The lowest BCUT2D eigenvalue weighted by Gasteiger charge is -2.22. The number of hydrogen-bond acceptors (Lipinski definition) is 8. The van der Waals surface area contributed by atoms with E-state index in [0.29, 0.717) is 34.5 Å². The SMILES string of the molecule is COC(=O)NC(=O)c1c(NC(=O)C2CCCN2S(=O)(=O)c2ccc(Cl)s2)sc2c1CCC(C)C2. The molecule has 0 spiro atoms. The summed E-state index contributed by atoms with van der Waals surface area (Å²) in [4.78, 5) is 38.8. The minimum Gasteiger partial charge on any atom is -0.453 e. The summed E-state index contributed by atoms with van der Waals surface area (Å²) in [6.45, 7) is 2.33. The largest absolute Gasteiger partial charge is 0.453 e. The average Bonchev–Trinajstić information content (AvgIpc) is 3.51. The number of halogens is 1. The Kier molecular flexibility index (Phi) is 7.34. The van der Waals surface area contributed by atoms with Crippen molar-refractivity contribution >= 4 is 67.2 Å². The lowest BCUT2D eigenvalue weighted by atomic mass is 9.88. The van der Waals surface area contributed by atoms with Crippen LogP contribution in [0, 0.1) is 5.92 Å². The van der Waals surface area contributed by atoms with Gasteiger partial charge in [0.15, 0.2) is 0 Å². The van der Waals surface area contributed by atoms with Gasteiger partial charge in [0.05, 0.1) is 17.0 Å². The van der Waals surface area contributed by atoms with Crippen LogP contribution in [-0.4, -0.2) is 50.3 Å². The van der Waals surface area contributed by atoms with Crippen LogP contribution in [0.1, 0.15) is 47.0 Å². The molecule has 34 heavy (non-hydrogen) atoms. The van der Waals surface area contributed by atoms with Crippen LogP contribution in [0.3, 0.4) is 0 Å². The number of carbonyl (C=O) groups excluding carboxylic acids is 3. The maximum Gasteiger partial charge on any atom is 0.413 e. The highest BCUT2D eigenvalue weighted by atomic mass is 35.5. The molecule has 1 aliphatic heterocycles. The molecule has 4 rings (SSSR count). The third-order valence-corrected chi connectivity index (χ3v) is 10.8. The Labute approximate surface area is 210 Å². The van der Waals surface area contributed by atoms with Crippen LogP contribution in [0.5, 0.6) is 0 Å². The fraction of sp³-hybridized carbons (Fsp3) is 0.476. The Balaban J connectivity index is 1.62. The van der Waals surface area contributed by atoms with Gasteiger partial charge in [-0.1, -0.05) is 18.5 Å². The number of hydrogen-bond donors (Lipinski definition) is 2. The van der Waals surface area contributed by atoms with Crippen LogP contribution < -0.4 is 10.6 Å². The lowest BCUT2D eigenvalue weighted by molar-refractivity contribution is -0.119. The summed E-state index contributed by atoms with van der Waals surface area (Å²) in [6, 6.07) is 2.02. The van der Waals surface area contributed by atoms with Crippen molar-refractivity contribution in [3.63, 3.8) is 0 Å². The maximum atomic E-state index is 13.3. The second kappa shape index (κ2) is 9.94. The molecule has 1 saturated heterocycles. The highest BCUT2D eigenvalue weighted by Gasteiger charge is 2.41. The van der Waals surface area contributed by atoms with Crippen molar-refractivity contribution in [2.75, 3.05) is 19.0 Å². The number of thiophene rings is 2. The van der Waals surface area contributed by atoms with Crippen LogP contribution in [-0.2, 0) is 32.4 Å². The van der Waals surface area contributed by atoms with E-state index < -0.39 is 34.0 Å². The molecule has 1 aliphatic carbocycles. The standard InChI is InChI=1S/C21H24ClN3O6S3/c1-11-5-6-12-14(10-11)32-20(17(12)19(27)24-21(28)31-2)23-18(26)13-4-3-9-25(13)34(29,30)16-8-7-15(22)33-16/h7-8,11,13H,3-6,9-10H2,1-2H3,(H,23,26)(H,24,27,28). The molecule has 2 aromatic heterocycles. The number of alkyl carbamates (subject to hydrolysis) is 1. The van der Waals surface area contributed by atoms with Gasteiger partial charge in [-0.2, -0.15) is 4.31 Å². The van der Waals surface area contributed by atoms with Gasteiger partial charge in [-0.15, -0.1) is 22.7 Å². The predicted octanol–water partition coefficient (Wildman–Crippen LogP) is 3.88. The Bertz CT molecular complexity index is 1240. The van der Waals surface area contributed by atoms with E-state index in [1.165, 1.54) is 27.8 Å². The van der Waals surface area contributed by atoms with E-state index in [1.807, 2.05) is 0 Å². The second-order valence-electron chi connectivity index (χ2n) is 8.32. The van der Waals surface area contributed by atoms with Crippen molar-refractivity contribution in [3.05, 3.63) is 32.5 Å². The first-order chi connectivity index (χ1) is 16.1. The molecule has 3 amide bonds. The van der Waals surface area contributed by atoms with Crippen LogP contribution in [0.2, 0.25) is 4.34 Å². The van der Waals surface area contributed by atoms with Crippen molar-refractivity contribution in [2.45, 2.75) is 49.3 Å². The predicted molar refractivity (Wildman–Crippen MR) is 130 cm³/mol. The molecule has 1 fully saturated rings. The van der Waals surface area contributed by atoms with Gasteiger partial charge >= 0.3 is 6.09 Å². The smallest absolute Gasteiger partial charge is 0.413 e.